The summed E-state index contributed by atoms with van der Waals surface area (Å²) in [7, 11) is 0. The monoisotopic (exact) mass is 420 g/mol. The van der Waals surface area contributed by atoms with E-state index in [0.717, 1.165) is 35.8 Å². The zero-order chi connectivity index (χ0) is 21.3. The lowest BCUT2D eigenvalue weighted by Gasteiger charge is -2.57. The Morgan fingerprint density at radius 3 is 2.23 bits per heavy atom. The van der Waals surface area contributed by atoms with Crippen LogP contribution in [0.3, 0.4) is 0 Å². The predicted octanol–water partition coefficient (Wildman–Crippen LogP) is 5.33. The van der Waals surface area contributed by atoms with Crippen LogP contribution < -0.4 is 14.8 Å². The van der Waals surface area contributed by atoms with Crippen molar-refractivity contribution in [3.63, 3.8) is 0 Å². The molecule has 0 amide bonds. The van der Waals surface area contributed by atoms with Crippen LogP contribution in [-0.4, -0.2) is 12.6 Å². The van der Waals surface area contributed by atoms with Crippen LogP contribution in [0.15, 0.2) is 48.5 Å². The minimum Gasteiger partial charge on any atom is -0.490 e. The molecule has 4 aliphatic rings. The first-order valence-corrected chi connectivity index (χ1v) is 12.4. The Labute approximate surface area is 187 Å². The second kappa shape index (κ2) is 8.86. The van der Waals surface area contributed by atoms with Crippen LogP contribution in [-0.2, 0) is 13.2 Å². The van der Waals surface area contributed by atoms with Crippen molar-refractivity contribution in [2.45, 2.75) is 71.6 Å². The van der Waals surface area contributed by atoms with Gasteiger partial charge in [0.05, 0.1) is 18.2 Å². The van der Waals surface area contributed by atoms with Gasteiger partial charge in [-0.2, -0.15) is 0 Å². The first-order valence-electron chi connectivity index (χ1n) is 12.4. The van der Waals surface area contributed by atoms with Crippen LogP contribution in [0, 0.1) is 23.2 Å². The topological polar surface area (TPSA) is 35.1 Å². The van der Waals surface area contributed by atoms with E-state index in [1.807, 2.05) is 19.1 Å². The zero-order valence-corrected chi connectivity index (χ0v) is 19.2. The van der Waals surface area contributed by atoms with Crippen molar-refractivity contribution >= 4 is 0 Å². The van der Waals surface area contributed by atoms with Gasteiger partial charge in [0.2, 0.25) is 0 Å². The molecule has 2 N–H and O–H groups in total. The fourth-order valence-corrected chi connectivity index (χ4v) is 7.17. The Bertz CT molecular complexity index is 843. The summed E-state index contributed by atoms with van der Waals surface area (Å²) >= 11 is 0. The number of para-hydroxylation sites is 1. The number of ether oxygens (including phenoxy) is 2. The summed E-state index contributed by atoms with van der Waals surface area (Å²) in [6, 6.07) is 17.4. The molecule has 2 aromatic rings. The summed E-state index contributed by atoms with van der Waals surface area (Å²) in [5.41, 5.74) is 3.00. The van der Waals surface area contributed by atoms with Gasteiger partial charge in [-0.1, -0.05) is 36.4 Å². The van der Waals surface area contributed by atoms with Crippen molar-refractivity contribution < 1.29 is 14.8 Å². The maximum atomic E-state index is 6.34. The number of hydrogen-bond acceptors (Lipinski definition) is 2. The van der Waals surface area contributed by atoms with E-state index in [1.54, 1.807) is 0 Å². The third-order valence-electron chi connectivity index (χ3n) is 8.33. The van der Waals surface area contributed by atoms with E-state index in [0.29, 0.717) is 24.7 Å². The van der Waals surface area contributed by atoms with Gasteiger partial charge < -0.3 is 14.8 Å². The summed E-state index contributed by atoms with van der Waals surface area (Å²) < 4.78 is 12.3. The number of hydrogen-bond donors (Lipinski definition) is 1. The second-order valence-electron chi connectivity index (χ2n) is 10.5. The van der Waals surface area contributed by atoms with Gasteiger partial charge in [-0.05, 0) is 87.8 Å². The normalized spacial score (nSPS) is 29.7. The van der Waals surface area contributed by atoms with Crippen molar-refractivity contribution in [2.75, 3.05) is 6.61 Å². The molecule has 0 heterocycles. The van der Waals surface area contributed by atoms with Crippen LogP contribution >= 0.6 is 0 Å². The van der Waals surface area contributed by atoms with Crippen molar-refractivity contribution in [3.05, 3.63) is 59.7 Å². The van der Waals surface area contributed by atoms with Crippen LogP contribution in [0.2, 0.25) is 0 Å². The molecule has 0 aliphatic heterocycles. The lowest BCUT2D eigenvalue weighted by molar-refractivity contribution is -0.717. The minimum absolute atomic E-state index is 0.567. The maximum Gasteiger partial charge on any atom is 0.170 e. The largest absolute Gasteiger partial charge is 0.490 e. The van der Waals surface area contributed by atoms with Gasteiger partial charge in [-0.3, -0.25) is 0 Å². The number of benzene rings is 2. The molecule has 4 fully saturated rings. The lowest BCUT2D eigenvalue weighted by Crippen LogP contribution is -2.91. The van der Waals surface area contributed by atoms with E-state index in [2.05, 4.69) is 48.6 Å². The van der Waals surface area contributed by atoms with Crippen LogP contribution in [0.4, 0.5) is 0 Å². The van der Waals surface area contributed by atoms with Crippen LogP contribution in [0.5, 0.6) is 11.5 Å². The van der Waals surface area contributed by atoms with E-state index < -0.39 is 0 Å². The van der Waals surface area contributed by atoms with Crippen molar-refractivity contribution in [1.82, 2.24) is 0 Å². The molecule has 1 atom stereocenters. The third kappa shape index (κ3) is 4.35. The lowest BCUT2D eigenvalue weighted by atomic mass is 9.48. The number of quaternary nitrogens is 1. The first-order chi connectivity index (χ1) is 15.1. The molecule has 0 spiro atoms. The standard InChI is InChI=1S/C28H37NO2/c1-3-30-26-11-7-10-25(27(26)31-19-21-8-5-4-6-9-21)18-29-20(2)28-15-22-12-23(16-28)14-24(13-22)17-28/h4-11,20,22-24,29H,3,12-19H2,1-2H3/p+1/t20-,22?,23?,24?,28?/m0/s1. The first kappa shape index (κ1) is 20.9. The summed E-state index contributed by atoms with van der Waals surface area (Å²) in [4.78, 5) is 0. The molecular weight excluding hydrogens is 382 g/mol. The fourth-order valence-electron chi connectivity index (χ4n) is 7.17. The fraction of sp³-hybridized carbons (Fsp3) is 0.571. The maximum absolute atomic E-state index is 6.34. The van der Waals surface area contributed by atoms with Crippen molar-refractivity contribution in [1.29, 1.82) is 0 Å². The summed E-state index contributed by atoms with van der Waals surface area (Å²) in [5.74, 6) is 4.81. The van der Waals surface area contributed by atoms with Gasteiger partial charge in [0.25, 0.3) is 0 Å². The van der Waals surface area contributed by atoms with Gasteiger partial charge >= 0.3 is 0 Å². The predicted molar refractivity (Wildman–Crippen MR) is 124 cm³/mol. The Morgan fingerprint density at radius 2 is 1.58 bits per heavy atom. The molecule has 4 saturated carbocycles. The smallest absolute Gasteiger partial charge is 0.170 e. The SMILES string of the molecule is CCOc1cccc(C[NH2+][C@@H](C)C23CC4CC(CC(C4)C2)C3)c1OCc1ccccc1. The minimum atomic E-state index is 0.567. The highest BCUT2D eigenvalue weighted by Gasteiger charge is 2.54. The molecule has 31 heavy (non-hydrogen) atoms. The molecule has 166 valence electrons. The van der Waals surface area contributed by atoms with E-state index in [4.69, 9.17) is 9.47 Å². The molecule has 4 aliphatic carbocycles. The summed E-state index contributed by atoms with van der Waals surface area (Å²) in [6.45, 7) is 6.70. The molecule has 0 aromatic heterocycles. The van der Waals surface area contributed by atoms with Gasteiger partial charge in [0.15, 0.2) is 11.5 Å². The molecule has 0 saturated heterocycles. The Kier molecular flexibility index (Phi) is 5.97. The van der Waals surface area contributed by atoms with Crippen LogP contribution in [0.1, 0.15) is 63.5 Å². The molecule has 2 aromatic carbocycles. The average Bonchev–Trinajstić information content (AvgIpc) is 2.77. The molecule has 6 rings (SSSR count). The number of rotatable bonds is 9. The molecular formula is C28H38NO2+. The van der Waals surface area contributed by atoms with Crippen LogP contribution in [0.25, 0.3) is 0 Å². The van der Waals surface area contributed by atoms with E-state index in [9.17, 15) is 0 Å². The highest BCUT2D eigenvalue weighted by atomic mass is 16.5. The quantitative estimate of drug-likeness (QED) is 0.595. The molecule has 3 nitrogen and oxygen atoms in total. The van der Waals surface area contributed by atoms with E-state index in [-0.39, 0.29) is 0 Å². The zero-order valence-electron chi connectivity index (χ0n) is 19.2. The highest BCUT2D eigenvalue weighted by Crippen LogP contribution is 2.60. The summed E-state index contributed by atoms with van der Waals surface area (Å²) in [6.07, 6.45) is 8.94. The van der Waals surface area contributed by atoms with E-state index in [1.165, 1.54) is 49.7 Å². The van der Waals surface area contributed by atoms with Gasteiger partial charge in [0.1, 0.15) is 13.2 Å². The molecule has 0 radical (unpaired) electrons. The van der Waals surface area contributed by atoms with Gasteiger partial charge in [0, 0.05) is 5.41 Å². The molecule has 4 bridgehead atoms. The molecule has 0 unspecified atom stereocenters. The Morgan fingerprint density at radius 1 is 0.903 bits per heavy atom. The highest BCUT2D eigenvalue weighted by molar-refractivity contribution is 5.46. The van der Waals surface area contributed by atoms with E-state index >= 15 is 0 Å². The number of nitrogens with two attached hydrogens (primary N) is 1. The van der Waals surface area contributed by atoms with Gasteiger partial charge in [-0.25, -0.2) is 0 Å². The Balaban J connectivity index is 1.30. The Hall–Kier alpha value is -2.00. The second-order valence-corrected chi connectivity index (χ2v) is 10.5. The molecule has 3 heteroatoms. The van der Waals surface area contributed by atoms with Crippen molar-refractivity contribution in [3.8, 4) is 11.5 Å². The summed E-state index contributed by atoms with van der Waals surface area (Å²) in [5, 5.41) is 2.59. The van der Waals surface area contributed by atoms with Gasteiger partial charge in [-0.15, -0.1) is 0 Å². The third-order valence-corrected chi connectivity index (χ3v) is 8.33. The van der Waals surface area contributed by atoms with Crippen molar-refractivity contribution in [2.24, 2.45) is 23.2 Å². The average molecular weight is 421 g/mol.